The number of methoxy groups -OCH3 is 2. The first-order valence-electron chi connectivity index (χ1n) is 13.7. The smallest absolute Gasteiger partial charge is 0.292 e. The number of ether oxygens (including phenoxy) is 4. The fourth-order valence-electron chi connectivity index (χ4n) is 5.29. The summed E-state index contributed by atoms with van der Waals surface area (Å²) in [5.74, 6) is 1.22. The maximum atomic E-state index is 13.1. The summed E-state index contributed by atoms with van der Waals surface area (Å²) in [6.07, 6.45) is 3.18. The van der Waals surface area contributed by atoms with Crippen LogP contribution in [0.2, 0.25) is 0 Å². The average molecular weight is 545 g/mol. The molecule has 0 aliphatic carbocycles. The number of carbonyl (C=O) groups is 2. The van der Waals surface area contributed by atoms with E-state index in [0.29, 0.717) is 24.7 Å². The van der Waals surface area contributed by atoms with Gasteiger partial charge < -0.3 is 29.2 Å². The Balaban J connectivity index is 1.28. The molecule has 0 atom stereocenters. The minimum atomic E-state index is -0.588. The first-order chi connectivity index (χ1) is 19.5. The number of hydrogen-bond donors (Lipinski definition) is 1. The van der Waals surface area contributed by atoms with Crippen LogP contribution < -0.4 is 24.3 Å². The van der Waals surface area contributed by atoms with Gasteiger partial charge in [-0.05, 0) is 97.9 Å². The van der Waals surface area contributed by atoms with Gasteiger partial charge in [0.1, 0.15) is 24.7 Å². The van der Waals surface area contributed by atoms with Crippen LogP contribution in [-0.2, 0) is 18.0 Å². The van der Waals surface area contributed by atoms with Crippen LogP contribution in [0.25, 0.3) is 0 Å². The minimum absolute atomic E-state index is 0.108. The second-order valence-corrected chi connectivity index (χ2v) is 10.5. The van der Waals surface area contributed by atoms with Crippen molar-refractivity contribution < 1.29 is 28.5 Å². The van der Waals surface area contributed by atoms with Crippen molar-refractivity contribution in [3.8, 4) is 23.0 Å². The summed E-state index contributed by atoms with van der Waals surface area (Å²) in [4.78, 5) is 28.5. The summed E-state index contributed by atoms with van der Waals surface area (Å²) in [5, 5.41) is 2.92. The molecule has 0 saturated carbocycles. The van der Waals surface area contributed by atoms with Gasteiger partial charge in [-0.2, -0.15) is 0 Å². The number of piperidine rings is 3. The summed E-state index contributed by atoms with van der Waals surface area (Å²) in [7, 11) is 3.24. The van der Waals surface area contributed by atoms with Crippen LogP contribution in [-0.4, -0.2) is 57.0 Å². The fourth-order valence-corrected chi connectivity index (χ4v) is 5.29. The van der Waals surface area contributed by atoms with Crippen LogP contribution in [0.15, 0.2) is 66.7 Å². The molecule has 3 aromatic carbocycles. The second kappa shape index (κ2) is 12.4. The summed E-state index contributed by atoms with van der Waals surface area (Å²) in [5.41, 5.74) is 2.25. The third-order valence-corrected chi connectivity index (χ3v) is 8.02. The highest BCUT2D eigenvalue weighted by Crippen LogP contribution is 2.39. The molecule has 0 unspecified atom stereocenters. The lowest BCUT2D eigenvalue weighted by Gasteiger charge is -2.48. The van der Waals surface area contributed by atoms with Crippen molar-refractivity contribution >= 4 is 11.7 Å². The molecule has 2 bridgehead atoms. The topological polar surface area (TPSA) is 86.3 Å². The molecule has 3 heterocycles. The van der Waals surface area contributed by atoms with Crippen molar-refractivity contribution in [2.75, 3.05) is 40.4 Å². The maximum absolute atomic E-state index is 13.1. The number of benzene rings is 3. The molecule has 6 rings (SSSR count). The zero-order valence-corrected chi connectivity index (χ0v) is 23.1. The van der Waals surface area contributed by atoms with E-state index in [1.165, 1.54) is 0 Å². The zero-order chi connectivity index (χ0) is 28.0. The normalized spacial score (nSPS) is 19.5. The van der Waals surface area contributed by atoms with Crippen LogP contribution in [0, 0.1) is 5.41 Å². The Bertz CT molecular complexity index is 1300. The monoisotopic (exact) mass is 544 g/mol. The molecule has 3 saturated heterocycles. The van der Waals surface area contributed by atoms with E-state index in [9.17, 15) is 9.59 Å². The molecule has 8 heteroatoms. The van der Waals surface area contributed by atoms with E-state index in [2.05, 4.69) is 10.2 Å². The van der Waals surface area contributed by atoms with Crippen molar-refractivity contribution in [3.05, 3.63) is 83.4 Å². The molecule has 3 aliphatic rings. The number of nitrogens with zero attached hydrogens (tertiary/aromatic N) is 1. The maximum Gasteiger partial charge on any atom is 0.292 e. The molecule has 3 aliphatic heterocycles. The lowest BCUT2D eigenvalue weighted by Crippen LogP contribution is -2.53. The van der Waals surface area contributed by atoms with E-state index < -0.39 is 11.7 Å². The molecule has 1 amide bonds. The highest BCUT2D eigenvalue weighted by Gasteiger charge is 2.39. The standard InChI is InChI=1S/C32H36N2O6/c1-37-26-8-3-23(4-9-26)20-39-28-12-7-25(19-29(28)40-21-24-5-10-27(38-2)11-6-24)30(35)31(36)33-22-32-13-16-34(17-14-32)18-15-32/h3-12,19H,13-18,20-22H2,1-2H3,(H,33,36). The highest BCUT2D eigenvalue weighted by atomic mass is 16.5. The molecule has 0 spiro atoms. The number of nitrogens with one attached hydrogen (secondary N) is 1. The Labute approximate surface area is 235 Å². The summed E-state index contributed by atoms with van der Waals surface area (Å²) in [6, 6.07) is 20.0. The van der Waals surface area contributed by atoms with Crippen LogP contribution in [0.5, 0.6) is 23.0 Å². The number of hydrogen-bond acceptors (Lipinski definition) is 7. The lowest BCUT2D eigenvalue weighted by atomic mass is 9.72. The first kappa shape index (κ1) is 27.5. The van der Waals surface area contributed by atoms with E-state index in [0.717, 1.165) is 61.5 Å². The zero-order valence-electron chi connectivity index (χ0n) is 23.1. The molecule has 3 aromatic rings. The SMILES string of the molecule is COc1ccc(COc2ccc(C(=O)C(=O)NCC34CCN(CC3)CC4)cc2OCc2ccc(OC)cc2)cc1. The number of fused-ring (bicyclic) bond motifs is 3. The molecular formula is C32H36N2O6. The fraction of sp³-hybridized carbons (Fsp3) is 0.375. The molecule has 210 valence electrons. The second-order valence-electron chi connectivity index (χ2n) is 10.5. The largest absolute Gasteiger partial charge is 0.497 e. The first-order valence-corrected chi connectivity index (χ1v) is 13.7. The molecule has 40 heavy (non-hydrogen) atoms. The molecular weight excluding hydrogens is 508 g/mol. The van der Waals surface area contributed by atoms with Crippen molar-refractivity contribution in [2.24, 2.45) is 5.41 Å². The number of carbonyl (C=O) groups excluding carboxylic acids is 2. The minimum Gasteiger partial charge on any atom is -0.497 e. The van der Waals surface area contributed by atoms with Gasteiger partial charge in [0.2, 0.25) is 5.78 Å². The average Bonchev–Trinajstić information content (AvgIpc) is 3.02. The van der Waals surface area contributed by atoms with Crippen LogP contribution in [0.4, 0.5) is 0 Å². The van der Waals surface area contributed by atoms with Crippen LogP contribution in [0.1, 0.15) is 40.7 Å². The Morgan fingerprint density at radius 3 is 1.80 bits per heavy atom. The van der Waals surface area contributed by atoms with Gasteiger partial charge in [0, 0.05) is 12.1 Å². The Morgan fingerprint density at radius 1 is 0.750 bits per heavy atom. The van der Waals surface area contributed by atoms with Gasteiger partial charge in [-0.25, -0.2) is 0 Å². The quantitative estimate of drug-likeness (QED) is 0.263. The van der Waals surface area contributed by atoms with E-state index in [4.69, 9.17) is 18.9 Å². The number of rotatable bonds is 12. The lowest BCUT2D eigenvalue weighted by molar-refractivity contribution is -0.118. The molecule has 8 nitrogen and oxygen atoms in total. The van der Waals surface area contributed by atoms with Gasteiger partial charge in [-0.3, -0.25) is 9.59 Å². The van der Waals surface area contributed by atoms with Gasteiger partial charge in [-0.1, -0.05) is 24.3 Å². The summed E-state index contributed by atoms with van der Waals surface area (Å²) in [6.45, 7) is 4.29. The Hall–Kier alpha value is -4.04. The van der Waals surface area contributed by atoms with Gasteiger partial charge in [0.05, 0.1) is 14.2 Å². The van der Waals surface area contributed by atoms with Crippen molar-refractivity contribution in [1.82, 2.24) is 10.2 Å². The van der Waals surface area contributed by atoms with Gasteiger partial charge >= 0.3 is 0 Å². The van der Waals surface area contributed by atoms with E-state index in [1.807, 2.05) is 48.5 Å². The molecule has 1 N–H and O–H groups in total. The van der Waals surface area contributed by atoms with E-state index in [-0.39, 0.29) is 17.6 Å². The van der Waals surface area contributed by atoms with Crippen molar-refractivity contribution in [1.29, 1.82) is 0 Å². The molecule has 0 aromatic heterocycles. The van der Waals surface area contributed by atoms with Crippen LogP contribution >= 0.6 is 0 Å². The van der Waals surface area contributed by atoms with E-state index in [1.54, 1.807) is 32.4 Å². The van der Waals surface area contributed by atoms with E-state index >= 15 is 0 Å². The number of amides is 1. The number of ketones is 1. The summed E-state index contributed by atoms with van der Waals surface area (Å²) < 4.78 is 22.6. The highest BCUT2D eigenvalue weighted by molar-refractivity contribution is 6.42. The van der Waals surface area contributed by atoms with Gasteiger partial charge in [-0.15, -0.1) is 0 Å². The molecule has 0 radical (unpaired) electrons. The van der Waals surface area contributed by atoms with Crippen molar-refractivity contribution in [3.63, 3.8) is 0 Å². The van der Waals surface area contributed by atoms with Crippen LogP contribution in [0.3, 0.4) is 0 Å². The number of Topliss-reactive ketones (excluding diaryl/α,β-unsaturated/α-hetero) is 1. The predicted molar refractivity (Wildman–Crippen MR) is 151 cm³/mol. The Kier molecular flexibility index (Phi) is 8.55. The molecule has 3 fully saturated rings. The third kappa shape index (κ3) is 6.57. The predicted octanol–water partition coefficient (Wildman–Crippen LogP) is 4.65. The summed E-state index contributed by atoms with van der Waals surface area (Å²) >= 11 is 0. The van der Waals surface area contributed by atoms with Gasteiger partial charge in [0.15, 0.2) is 11.5 Å². The Morgan fingerprint density at radius 2 is 1.27 bits per heavy atom. The van der Waals surface area contributed by atoms with Crippen molar-refractivity contribution in [2.45, 2.75) is 32.5 Å². The van der Waals surface area contributed by atoms with Gasteiger partial charge in [0.25, 0.3) is 5.91 Å². The third-order valence-electron chi connectivity index (χ3n) is 8.02.